The van der Waals surface area contributed by atoms with E-state index in [9.17, 15) is 4.79 Å². The summed E-state index contributed by atoms with van der Waals surface area (Å²) in [6, 6.07) is 14.4. The third-order valence-electron chi connectivity index (χ3n) is 5.48. The van der Waals surface area contributed by atoms with Crippen molar-refractivity contribution in [2.75, 3.05) is 10.6 Å². The van der Waals surface area contributed by atoms with Crippen LogP contribution in [0.1, 0.15) is 49.8 Å². The number of carbonyl (C=O) groups is 1. The number of hydrogen-bond donors (Lipinski definition) is 2. The lowest BCUT2D eigenvalue weighted by atomic mass is 9.77. The van der Waals surface area contributed by atoms with Crippen LogP contribution in [-0.2, 0) is 4.79 Å². The average molecular weight is 381 g/mol. The van der Waals surface area contributed by atoms with Gasteiger partial charge in [-0.3, -0.25) is 4.79 Å². The molecule has 2 aromatic rings. The molecule has 3 atom stereocenters. The molecule has 3 nitrogen and oxygen atoms in total. The van der Waals surface area contributed by atoms with Crippen molar-refractivity contribution in [2.24, 2.45) is 11.8 Å². The van der Waals surface area contributed by atoms with Crippen LogP contribution in [0.25, 0.3) is 0 Å². The van der Waals surface area contributed by atoms with E-state index in [0.29, 0.717) is 24.2 Å². The van der Waals surface area contributed by atoms with Gasteiger partial charge in [0, 0.05) is 28.7 Å². The molecule has 0 spiro atoms. The quantitative estimate of drug-likeness (QED) is 0.624. The zero-order valence-corrected chi connectivity index (χ0v) is 16.5. The molecule has 0 bridgehead atoms. The first kappa shape index (κ1) is 18.1. The van der Waals surface area contributed by atoms with Gasteiger partial charge in [0.05, 0.1) is 6.04 Å². The summed E-state index contributed by atoms with van der Waals surface area (Å²) in [7, 11) is 0. The number of carbonyl (C=O) groups excluding carboxylic acids is 1. The van der Waals surface area contributed by atoms with Gasteiger partial charge < -0.3 is 10.6 Å². The maximum absolute atomic E-state index is 12.1. The van der Waals surface area contributed by atoms with E-state index >= 15 is 0 Å². The van der Waals surface area contributed by atoms with Crippen LogP contribution in [-0.4, -0.2) is 5.91 Å². The topological polar surface area (TPSA) is 41.1 Å². The van der Waals surface area contributed by atoms with Crippen LogP contribution in [0.5, 0.6) is 0 Å². The van der Waals surface area contributed by atoms with Gasteiger partial charge in [-0.25, -0.2) is 0 Å². The van der Waals surface area contributed by atoms with E-state index in [1.54, 1.807) is 0 Å². The number of benzene rings is 2. The lowest BCUT2D eigenvalue weighted by molar-refractivity contribution is -0.116. The first-order valence-corrected chi connectivity index (χ1v) is 10.0. The average Bonchev–Trinajstić information content (AvgIpc) is 3.11. The van der Waals surface area contributed by atoms with E-state index in [0.717, 1.165) is 28.4 Å². The van der Waals surface area contributed by atoms with Gasteiger partial charge in [0.25, 0.3) is 0 Å². The number of fused-ring (bicyclic) bond motifs is 3. The van der Waals surface area contributed by atoms with E-state index < -0.39 is 0 Å². The molecular weight excluding hydrogens is 356 g/mol. The molecule has 0 saturated heterocycles. The Bertz CT molecular complexity index is 890. The standard InChI is InChI=1S/C23H25ClN2O/c1-14(2)12-22(27)25-15-10-11-21-19(13-15)16-7-5-8-17(16)23(26-21)18-6-3-4-9-20(18)24/h3-7,9-11,13-14,16-17,23,26H,8,12H2,1-2H3,(H,25,27). The largest absolute Gasteiger partial charge is 0.378 e. The first-order chi connectivity index (χ1) is 13.0. The number of allylic oxidation sites excluding steroid dienone is 2. The predicted molar refractivity (Wildman–Crippen MR) is 112 cm³/mol. The van der Waals surface area contributed by atoms with Crippen molar-refractivity contribution in [3.05, 3.63) is 70.8 Å². The van der Waals surface area contributed by atoms with Gasteiger partial charge in [-0.05, 0) is 53.6 Å². The van der Waals surface area contributed by atoms with Crippen molar-refractivity contribution in [2.45, 2.75) is 38.6 Å². The molecule has 2 aliphatic rings. The number of anilines is 2. The van der Waals surface area contributed by atoms with Gasteiger partial charge in [0.15, 0.2) is 0 Å². The molecule has 0 fully saturated rings. The van der Waals surface area contributed by atoms with Crippen LogP contribution >= 0.6 is 11.6 Å². The van der Waals surface area contributed by atoms with Crippen LogP contribution in [0, 0.1) is 11.8 Å². The number of nitrogens with one attached hydrogen (secondary N) is 2. The molecule has 4 heteroatoms. The van der Waals surface area contributed by atoms with Crippen molar-refractivity contribution in [1.29, 1.82) is 0 Å². The Balaban J connectivity index is 1.64. The van der Waals surface area contributed by atoms with E-state index in [2.05, 4.69) is 54.8 Å². The zero-order chi connectivity index (χ0) is 19.0. The molecule has 1 aliphatic heterocycles. The fraction of sp³-hybridized carbons (Fsp3) is 0.348. The van der Waals surface area contributed by atoms with E-state index in [4.69, 9.17) is 11.6 Å². The van der Waals surface area contributed by atoms with Crippen molar-refractivity contribution >= 4 is 28.9 Å². The number of amides is 1. The minimum Gasteiger partial charge on any atom is -0.378 e. The highest BCUT2D eigenvalue weighted by Crippen LogP contribution is 2.51. The van der Waals surface area contributed by atoms with Crippen molar-refractivity contribution in [3.63, 3.8) is 0 Å². The summed E-state index contributed by atoms with van der Waals surface area (Å²) in [4.78, 5) is 12.1. The smallest absolute Gasteiger partial charge is 0.224 e. The lowest BCUT2D eigenvalue weighted by Gasteiger charge is -2.38. The predicted octanol–water partition coefficient (Wildman–Crippen LogP) is 6.15. The Labute approximate surface area is 165 Å². The monoisotopic (exact) mass is 380 g/mol. The summed E-state index contributed by atoms with van der Waals surface area (Å²) >= 11 is 6.49. The van der Waals surface area contributed by atoms with Crippen LogP contribution in [0.15, 0.2) is 54.6 Å². The van der Waals surface area contributed by atoms with Gasteiger partial charge in [0.2, 0.25) is 5.91 Å². The van der Waals surface area contributed by atoms with Crippen LogP contribution in [0.2, 0.25) is 5.02 Å². The van der Waals surface area contributed by atoms with Crippen LogP contribution in [0.3, 0.4) is 0 Å². The van der Waals surface area contributed by atoms with E-state index in [1.165, 1.54) is 5.56 Å². The second-order valence-corrected chi connectivity index (χ2v) is 8.35. The Kier molecular flexibility index (Phi) is 4.96. The minimum absolute atomic E-state index is 0.0705. The third-order valence-corrected chi connectivity index (χ3v) is 5.82. The molecule has 27 heavy (non-hydrogen) atoms. The molecule has 0 saturated carbocycles. The Morgan fingerprint density at radius 1 is 1.22 bits per heavy atom. The van der Waals surface area contributed by atoms with Crippen LogP contribution < -0.4 is 10.6 Å². The molecule has 2 aromatic carbocycles. The highest BCUT2D eigenvalue weighted by molar-refractivity contribution is 6.31. The molecule has 1 aliphatic carbocycles. The molecule has 0 radical (unpaired) electrons. The Morgan fingerprint density at radius 3 is 2.81 bits per heavy atom. The molecule has 1 amide bonds. The normalized spacial score (nSPS) is 22.9. The summed E-state index contributed by atoms with van der Waals surface area (Å²) < 4.78 is 0. The number of rotatable bonds is 4. The summed E-state index contributed by atoms with van der Waals surface area (Å²) in [6.45, 7) is 4.11. The number of hydrogen-bond acceptors (Lipinski definition) is 2. The minimum atomic E-state index is 0.0705. The summed E-state index contributed by atoms with van der Waals surface area (Å²) in [6.07, 6.45) is 6.13. The molecular formula is C23H25ClN2O. The molecule has 140 valence electrons. The van der Waals surface area contributed by atoms with Gasteiger partial charge in [0.1, 0.15) is 0 Å². The third kappa shape index (κ3) is 3.61. The van der Waals surface area contributed by atoms with Crippen molar-refractivity contribution in [3.8, 4) is 0 Å². The highest BCUT2D eigenvalue weighted by atomic mass is 35.5. The number of halogens is 1. The van der Waals surface area contributed by atoms with Gasteiger partial charge in [-0.1, -0.05) is 55.8 Å². The fourth-order valence-electron chi connectivity index (χ4n) is 4.29. The van der Waals surface area contributed by atoms with E-state index in [-0.39, 0.29) is 11.9 Å². The summed E-state index contributed by atoms with van der Waals surface area (Å²) in [5.41, 5.74) is 4.39. The first-order valence-electron chi connectivity index (χ1n) is 9.64. The fourth-order valence-corrected chi connectivity index (χ4v) is 4.54. The lowest BCUT2D eigenvalue weighted by Crippen LogP contribution is -2.29. The SMILES string of the molecule is CC(C)CC(=O)Nc1ccc2c(c1)C1C=CCC1C(c1ccccc1Cl)N2. The zero-order valence-electron chi connectivity index (χ0n) is 15.7. The maximum Gasteiger partial charge on any atom is 0.224 e. The second kappa shape index (κ2) is 7.40. The molecule has 4 rings (SSSR count). The van der Waals surface area contributed by atoms with E-state index in [1.807, 2.05) is 24.3 Å². The summed E-state index contributed by atoms with van der Waals surface area (Å²) in [5.74, 6) is 1.19. The van der Waals surface area contributed by atoms with Crippen LogP contribution in [0.4, 0.5) is 11.4 Å². The molecule has 1 heterocycles. The Hall–Kier alpha value is -2.26. The molecule has 2 N–H and O–H groups in total. The van der Waals surface area contributed by atoms with Crippen molar-refractivity contribution < 1.29 is 4.79 Å². The summed E-state index contributed by atoms with van der Waals surface area (Å²) in [5, 5.41) is 7.55. The maximum atomic E-state index is 12.1. The highest BCUT2D eigenvalue weighted by Gasteiger charge is 2.38. The van der Waals surface area contributed by atoms with Crippen molar-refractivity contribution in [1.82, 2.24) is 0 Å². The Morgan fingerprint density at radius 2 is 2.04 bits per heavy atom. The second-order valence-electron chi connectivity index (χ2n) is 7.95. The van der Waals surface area contributed by atoms with Gasteiger partial charge in [-0.15, -0.1) is 0 Å². The molecule has 3 unspecified atom stereocenters. The molecule has 0 aromatic heterocycles. The van der Waals surface area contributed by atoms with Gasteiger partial charge >= 0.3 is 0 Å². The van der Waals surface area contributed by atoms with Gasteiger partial charge in [-0.2, -0.15) is 0 Å².